The van der Waals surface area contributed by atoms with E-state index in [0.29, 0.717) is 17.5 Å². The van der Waals surface area contributed by atoms with Crippen molar-refractivity contribution < 1.29 is 4.42 Å². The summed E-state index contributed by atoms with van der Waals surface area (Å²) in [5.41, 5.74) is 13.1. The maximum Gasteiger partial charge on any atom is 0.164 e. The molecule has 0 radical (unpaired) electrons. The van der Waals surface area contributed by atoms with Gasteiger partial charge in [0.05, 0.1) is 0 Å². The first-order chi connectivity index (χ1) is 26.4. The Bertz CT molecular complexity index is 3120. The van der Waals surface area contributed by atoms with E-state index in [4.69, 9.17) is 19.4 Å². The van der Waals surface area contributed by atoms with Gasteiger partial charge < -0.3 is 4.42 Å². The summed E-state index contributed by atoms with van der Waals surface area (Å²) in [6, 6.07) is 47.2. The average molecular weight is 685 g/mol. The van der Waals surface area contributed by atoms with Crippen LogP contribution < -0.4 is 27.3 Å². The van der Waals surface area contributed by atoms with Gasteiger partial charge in [0.15, 0.2) is 17.5 Å². The Kier molecular flexibility index (Phi) is 7.42. The summed E-state index contributed by atoms with van der Waals surface area (Å²) >= 11 is 0. The zero-order valence-electron chi connectivity index (χ0n) is 31.0. The Hall–Kier alpha value is -6.33. The van der Waals surface area contributed by atoms with E-state index < -0.39 is 0 Å². The molecule has 0 atom stereocenters. The lowest BCUT2D eigenvalue weighted by molar-refractivity contribution is 0.669. The third-order valence-electron chi connectivity index (χ3n) is 11.7. The minimum Gasteiger partial charge on any atom is -0.456 e. The van der Waals surface area contributed by atoms with Crippen LogP contribution in [0, 0.1) is 0 Å². The molecule has 4 nitrogen and oxygen atoms in total. The summed E-state index contributed by atoms with van der Waals surface area (Å²) in [6.07, 6.45) is 0. The number of hydrogen-bond donors (Lipinski definition) is 0. The van der Waals surface area contributed by atoms with Gasteiger partial charge >= 0.3 is 0 Å². The number of nitrogens with zero attached hydrogens (tertiary/aromatic N) is 3. The highest BCUT2D eigenvalue weighted by Gasteiger charge is 2.20. The molecule has 0 aliphatic carbocycles. The third-order valence-corrected chi connectivity index (χ3v) is 11.7. The highest BCUT2D eigenvalue weighted by atomic mass is 16.3. The van der Waals surface area contributed by atoms with Gasteiger partial charge in [0.25, 0.3) is 0 Å². The molecule has 10 rings (SSSR count). The molecule has 10 aromatic rings. The SMILES string of the molecule is Bc1c(B)c(B)c(-c2nc(-c3ccccc3)nc(-c3ccc4c(c3)oc3cccc(-c5ccc6c7ccccc7c7ccccc7c6c5)c34)n2)c(B)c1B. The third kappa shape index (κ3) is 4.95. The van der Waals surface area contributed by atoms with Gasteiger partial charge in [0.2, 0.25) is 0 Å². The van der Waals surface area contributed by atoms with E-state index in [9.17, 15) is 0 Å². The maximum absolute atomic E-state index is 6.63. The highest BCUT2D eigenvalue weighted by molar-refractivity contribution is 6.68. The predicted molar refractivity (Wildman–Crippen MR) is 242 cm³/mol. The van der Waals surface area contributed by atoms with Crippen LogP contribution in [0.15, 0.2) is 138 Å². The molecular weight excluding hydrogens is 653 g/mol. The Morgan fingerprint density at radius 2 is 0.870 bits per heavy atom. The van der Waals surface area contributed by atoms with E-state index in [1.807, 2.05) is 18.2 Å². The number of furan rings is 1. The number of hydrogen-bond acceptors (Lipinski definition) is 4. The first-order valence-corrected chi connectivity index (χ1v) is 18.5. The number of benzene rings is 8. The van der Waals surface area contributed by atoms with E-state index in [2.05, 4.69) is 154 Å². The second kappa shape index (κ2) is 12.4. The van der Waals surface area contributed by atoms with Crippen molar-refractivity contribution in [1.29, 1.82) is 0 Å². The van der Waals surface area contributed by atoms with Crippen LogP contribution in [-0.2, 0) is 0 Å². The molecule has 0 fully saturated rings. The summed E-state index contributed by atoms with van der Waals surface area (Å²) < 4.78 is 6.63. The van der Waals surface area contributed by atoms with Crippen molar-refractivity contribution in [2.75, 3.05) is 0 Å². The van der Waals surface area contributed by atoms with Crippen LogP contribution >= 0.6 is 0 Å². The van der Waals surface area contributed by atoms with Gasteiger partial charge in [-0.05, 0) is 67.7 Å². The zero-order valence-corrected chi connectivity index (χ0v) is 31.0. The lowest BCUT2D eigenvalue weighted by atomic mass is 9.60. The maximum atomic E-state index is 6.63. The lowest BCUT2D eigenvalue weighted by Gasteiger charge is -2.20. The fraction of sp³-hybridized carbons (Fsp3) is 0. The van der Waals surface area contributed by atoms with E-state index in [1.165, 1.54) is 59.6 Å². The fourth-order valence-electron chi connectivity index (χ4n) is 8.45. The predicted octanol–water partition coefficient (Wildman–Crippen LogP) is 3.19. The molecule has 8 aromatic carbocycles. The van der Waals surface area contributed by atoms with E-state index in [1.54, 1.807) is 0 Å². The smallest absolute Gasteiger partial charge is 0.164 e. The topological polar surface area (TPSA) is 51.8 Å². The van der Waals surface area contributed by atoms with Gasteiger partial charge in [-0.3, -0.25) is 0 Å². The van der Waals surface area contributed by atoms with Gasteiger partial charge in [-0.2, -0.15) is 0 Å². The molecular formula is C45H32B5N3O. The molecule has 0 amide bonds. The summed E-state index contributed by atoms with van der Waals surface area (Å²) in [7, 11) is 10.9. The molecule has 0 unspecified atom stereocenters. The minimum atomic E-state index is 0.616. The van der Waals surface area contributed by atoms with Crippen molar-refractivity contribution in [2.24, 2.45) is 0 Å². The van der Waals surface area contributed by atoms with Crippen LogP contribution in [0.1, 0.15) is 0 Å². The molecule has 2 aromatic heterocycles. The normalized spacial score (nSPS) is 11.7. The highest BCUT2D eigenvalue weighted by Crippen LogP contribution is 2.41. The molecule has 2 heterocycles. The first-order valence-electron chi connectivity index (χ1n) is 18.5. The summed E-state index contributed by atoms with van der Waals surface area (Å²) in [6.45, 7) is 0. The molecule has 0 aliphatic rings. The second-order valence-corrected chi connectivity index (χ2v) is 14.5. The largest absolute Gasteiger partial charge is 0.456 e. The summed E-state index contributed by atoms with van der Waals surface area (Å²) in [5.74, 6) is 1.95. The van der Waals surface area contributed by atoms with E-state index >= 15 is 0 Å². The van der Waals surface area contributed by atoms with Crippen LogP contribution in [-0.4, -0.2) is 54.2 Å². The molecule has 0 saturated carbocycles. The van der Waals surface area contributed by atoms with E-state index in [0.717, 1.165) is 49.8 Å². The fourth-order valence-corrected chi connectivity index (χ4v) is 8.45. The van der Waals surface area contributed by atoms with Crippen molar-refractivity contribution in [3.05, 3.63) is 133 Å². The van der Waals surface area contributed by atoms with Crippen LogP contribution in [0.5, 0.6) is 0 Å². The van der Waals surface area contributed by atoms with Gasteiger partial charge in [-0.15, -0.1) is 16.4 Å². The van der Waals surface area contributed by atoms with Crippen LogP contribution in [0.4, 0.5) is 0 Å². The number of rotatable bonds is 4. The van der Waals surface area contributed by atoms with E-state index in [-0.39, 0.29) is 0 Å². The Morgan fingerprint density at radius 3 is 1.54 bits per heavy atom. The van der Waals surface area contributed by atoms with Crippen LogP contribution in [0.3, 0.4) is 0 Å². The van der Waals surface area contributed by atoms with Crippen molar-refractivity contribution in [1.82, 2.24) is 15.0 Å². The number of aromatic nitrogens is 3. The van der Waals surface area contributed by atoms with Crippen molar-refractivity contribution >= 4 is 121 Å². The monoisotopic (exact) mass is 685 g/mol. The molecule has 54 heavy (non-hydrogen) atoms. The van der Waals surface area contributed by atoms with Crippen LogP contribution in [0.25, 0.3) is 99.5 Å². The Labute approximate surface area is 317 Å². The van der Waals surface area contributed by atoms with Gasteiger partial charge in [-0.1, -0.05) is 120 Å². The van der Waals surface area contributed by atoms with Crippen LogP contribution in [0.2, 0.25) is 0 Å². The molecule has 0 bridgehead atoms. The van der Waals surface area contributed by atoms with Crippen molar-refractivity contribution in [2.45, 2.75) is 0 Å². The molecule has 0 saturated heterocycles. The summed E-state index contributed by atoms with van der Waals surface area (Å²) in [5, 5.41) is 9.74. The molecule has 0 spiro atoms. The minimum absolute atomic E-state index is 0.616. The van der Waals surface area contributed by atoms with Crippen molar-refractivity contribution in [3.63, 3.8) is 0 Å². The number of fused-ring (bicyclic) bond motifs is 9. The zero-order chi connectivity index (χ0) is 36.7. The standard InChI is InChI=1S/C45H32B5N3O/c46-38-37(39(47)41(49)42(50)40(38)48)45-52-43(23-9-2-1-3-10-23)51-44(53-45)25-18-20-32-35(22-25)54-34-16-8-15-26(36(32)34)24-17-19-31-29-13-5-4-11-27(29)28-12-6-7-14-30(28)33(31)21-24/h1-22H,46-50H2. The van der Waals surface area contributed by atoms with Gasteiger partial charge in [0.1, 0.15) is 50.4 Å². The first kappa shape index (κ1) is 32.3. The van der Waals surface area contributed by atoms with Crippen molar-refractivity contribution in [3.8, 4) is 45.3 Å². The average Bonchev–Trinajstić information content (AvgIpc) is 3.61. The molecule has 0 aliphatic heterocycles. The molecule has 0 N–H and O–H groups in total. The van der Waals surface area contributed by atoms with Gasteiger partial charge in [-0.25, -0.2) is 15.0 Å². The van der Waals surface area contributed by atoms with Gasteiger partial charge in [0, 0.05) is 27.5 Å². The molecule has 248 valence electrons. The second-order valence-electron chi connectivity index (χ2n) is 14.5. The summed E-state index contributed by atoms with van der Waals surface area (Å²) in [4.78, 5) is 15.3. The lowest BCUT2D eigenvalue weighted by Crippen LogP contribution is -2.55. The molecule has 9 heteroatoms. The quantitative estimate of drug-likeness (QED) is 0.211. The Morgan fingerprint density at radius 1 is 0.352 bits per heavy atom. The Balaban J connectivity index is 1.15.